The number of benzene rings is 2. The maximum absolute atomic E-state index is 12.6. The van der Waals surface area contributed by atoms with Crippen LogP contribution in [0.15, 0.2) is 53.4 Å². The lowest BCUT2D eigenvalue weighted by Crippen LogP contribution is -2.42. The highest BCUT2D eigenvalue weighted by Gasteiger charge is 2.27. The van der Waals surface area contributed by atoms with Crippen molar-refractivity contribution >= 4 is 21.7 Å². The van der Waals surface area contributed by atoms with Crippen molar-refractivity contribution in [3.63, 3.8) is 0 Å². The van der Waals surface area contributed by atoms with Crippen LogP contribution < -0.4 is 0 Å². The van der Waals surface area contributed by atoms with E-state index < -0.39 is 21.9 Å². The summed E-state index contributed by atoms with van der Waals surface area (Å²) >= 11 is 0. The standard InChI is InChI=1S/C22H25NO5S/c1-16-7-9-20(10-8-16)29(26,27)14-12-21(24)28-17(2)22(25)23-13-11-18-5-3-4-6-19(18)15-23/h3-10,17H,11-15H2,1-2H3/t17-/m1/s1. The quantitative estimate of drug-likeness (QED) is 0.678. The first-order chi connectivity index (χ1) is 13.8. The first-order valence-electron chi connectivity index (χ1n) is 9.61. The highest BCUT2D eigenvalue weighted by atomic mass is 32.2. The van der Waals surface area contributed by atoms with Crippen molar-refractivity contribution < 1.29 is 22.7 Å². The van der Waals surface area contributed by atoms with Gasteiger partial charge in [-0.05, 0) is 43.5 Å². The fourth-order valence-electron chi connectivity index (χ4n) is 3.33. The van der Waals surface area contributed by atoms with Crippen LogP contribution in [0.1, 0.15) is 30.0 Å². The minimum absolute atomic E-state index is 0.173. The second kappa shape index (κ2) is 8.78. The van der Waals surface area contributed by atoms with Crippen LogP contribution in [0.3, 0.4) is 0 Å². The van der Waals surface area contributed by atoms with Gasteiger partial charge in [0.25, 0.3) is 5.91 Å². The molecule has 1 atom stereocenters. The summed E-state index contributed by atoms with van der Waals surface area (Å²) in [7, 11) is -3.58. The number of sulfone groups is 1. The van der Waals surface area contributed by atoms with Gasteiger partial charge in [0.1, 0.15) is 0 Å². The SMILES string of the molecule is Cc1ccc(S(=O)(=O)CCC(=O)O[C@H](C)C(=O)N2CCc3ccccc3C2)cc1. The molecule has 2 aromatic carbocycles. The van der Waals surface area contributed by atoms with Gasteiger partial charge in [0, 0.05) is 13.1 Å². The highest BCUT2D eigenvalue weighted by molar-refractivity contribution is 7.91. The lowest BCUT2D eigenvalue weighted by atomic mass is 9.99. The van der Waals surface area contributed by atoms with Crippen molar-refractivity contribution in [3.05, 3.63) is 65.2 Å². The second-order valence-corrected chi connectivity index (χ2v) is 9.40. The van der Waals surface area contributed by atoms with E-state index in [4.69, 9.17) is 4.74 Å². The second-order valence-electron chi connectivity index (χ2n) is 7.29. The Morgan fingerprint density at radius 1 is 1.07 bits per heavy atom. The van der Waals surface area contributed by atoms with Crippen molar-refractivity contribution in [2.45, 2.75) is 44.2 Å². The molecule has 0 aromatic heterocycles. The zero-order chi connectivity index (χ0) is 21.0. The Kier molecular flexibility index (Phi) is 6.37. The molecule has 0 saturated heterocycles. The van der Waals surface area contributed by atoms with Crippen molar-refractivity contribution in [1.82, 2.24) is 4.90 Å². The van der Waals surface area contributed by atoms with E-state index in [0.29, 0.717) is 13.1 Å². The van der Waals surface area contributed by atoms with Crippen molar-refractivity contribution in [2.24, 2.45) is 0 Å². The zero-order valence-corrected chi connectivity index (χ0v) is 17.4. The maximum Gasteiger partial charge on any atom is 0.307 e. The first kappa shape index (κ1) is 21.0. The van der Waals surface area contributed by atoms with Gasteiger partial charge in [-0.3, -0.25) is 9.59 Å². The molecule has 0 fully saturated rings. The van der Waals surface area contributed by atoms with E-state index in [0.717, 1.165) is 17.5 Å². The molecule has 154 valence electrons. The number of carbonyl (C=O) groups is 2. The predicted octanol–water partition coefficient (Wildman–Crippen LogP) is 2.68. The molecular weight excluding hydrogens is 390 g/mol. The molecule has 0 aliphatic carbocycles. The first-order valence-corrected chi connectivity index (χ1v) is 11.3. The molecular formula is C22H25NO5S. The molecule has 3 rings (SSSR count). The van der Waals surface area contributed by atoms with Crippen LogP contribution in [-0.4, -0.2) is 43.6 Å². The number of nitrogens with zero attached hydrogens (tertiary/aromatic N) is 1. The molecule has 29 heavy (non-hydrogen) atoms. The summed E-state index contributed by atoms with van der Waals surface area (Å²) in [6.07, 6.45) is -0.483. The van der Waals surface area contributed by atoms with Gasteiger partial charge < -0.3 is 9.64 Å². The Hall–Kier alpha value is -2.67. The van der Waals surface area contributed by atoms with Crippen molar-refractivity contribution in [3.8, 4) is 0 Å². The van der Waals surface area contributed by atoms with Crippen LogP contribution in [0.2, 0.25) is 0 Å². The summed E-state index contributed by atoms with van der Waals surface area (Å²) in [6, 6.07) is 14.4. The van der Waals surface area contributed by atoms with Crippen molar-refractivity contribution in [2.75, 3.05) is 12.3 Å². The average Bonchev–Trinajstić information content (AvgIpc) is 2.71. The molecule has 0 N–H and O–H groups in total. The third-order valence-electron chi connectivity index (χ3n) is 5.05. The van der Waals surface area contributed by atoms with Gasteiger partial charge in [-0.15, -0.1) is 0 Å². The van der Waals surface area contributed by atoms with E-state index in [2.05, 4.69) is 6.07 Å². The molecule has 7 heteroatoms. The van der Waals surface area contributed by atoms with Gasteiger partial charge in [-0.1, -0.05) is 42.0 Å². The number of amides is 1. The van der Waals surface area contributed by atoms with Gasteiger partial charge in [-0.25, -0.2) is 8.42 Å². The van der Waals surface area contributed by atoms with E-state index in [1.54, 1.807) is 17.0 Å². The summed E-state index contributed by atoms with van der Waals surface area (Å²) in [5.41, 5.74) is 3.27. The van der Waals surface area contributed by atoms with Gasteiger partial charge >= 0.3 is 5.97 Å². The van der Waals surface area contributed by atoms with Crippen LogP contribution >= 0.6 is 0 Å². The molecule has 2 aromatic rings. The van der Waals surface area contributed by atoms with Crippen LogP contribution in [-0.2, 0) is 37.1 Å². The lowest BCUT2D eigenvalue weighted by molar-refractivity contribution is -0.159. The van der Waals surface area contributed by atoms with Gasteiger partial charge in [-0.2, -0.15) is 0 Å². The van der Waals surface area contributed by atoms with Crippen LogP contribution in [0.25, 0.3) is 0 Å². The molecule has 1 amide bonds. The molecule has 1 heterocycles. The third kappa shape index (κ3) is 5.23. The normalized spacial score (nSPS) is 14.8. The Balaban J connectivity index is 1.52. The van der Waals surface area contributed by atoms with Gasteiger partial charge in [0.15, 0.2) is 15.9 Å². The number of fused-ring (bicyclic) bond motifs is 1. The highest BCUT2D eigenvalue weighted by Crippen LogP contribution is 2.20. The molecule has 6 nitrogen and oxygen atoms in total. The number of rotatable bonds is 6. The topological polar surface area (TPSA) is 80.7 Å². The minimum Gasteiger partial charge on any atom is -0.453 e. The molecule has 1 aliphatic rings. The van der Waals surface area contributed by atoms with E-state index in [-0.39, 0.29) is 23.0 Å². The third-order valence-corrected chi connectivity index (χ3v) is 6.79. The van der Waals surface area contributed by atoms with E-state index in [1.807, 2.05) is 25.1 Å². The summed E-state index contributed by atoms with van der Waals surface area (Å²) < 4.78 is 29.9. The van der Waals surface area contributed by atoms with E-state index in [9.17, 15) is 18.0 Å². The molecule has 0 radical (unpaired) electrons. The summed E-state index contributed by atoms with van der Waals surface area (Å²) in [5, 5.41) is 0. The smallest absolute Gasteiger partial charge is 0.307 e. The Labute approximate surface area is 171 Å². The molecule has 0 saturated carbocycles. The van der Waals surface area contributed by atoms with E-state index in [1.165, 1.54) is 24.6 Å². The maximum atomic E-state index is 12.6. The fourth-order valence-corrected chi connectivity index (χ4v) is 4.55. The molecule has 0 spiro atoms. The fraction of sp³-hybridized carbons (Fsp3) is 0.364. The Bertz CT molecular complexity index is 998. The average molecular weight is 416 g/mol. The van der Waals surface area contributed by atoms with Crippen LogP contribution in [0.4, 0.5) is 0 Å². The summed E-state index contributed by atoms with van der Waals surface area (Å²) in [5.74, 6) is -1.32. The van der Waals surface area contributed by atoms with Crippen molar-refractivity contribution in [1.29, 1.82) is 0 Å². The van der Waals surface area contributed by atoms with Crippen LogP contribution in [0, 0.1) is 6.92 Å². The number of ether oxygens (including phenoxy) is 1. The number of carbonyl (C=O) groups excluding carboxylic acids is 2. The number of hydrogen-bond donors (Lipinski definition) is 0. The van der Waals surface area contributed by atoms with Crippen LogP contribution in [0.5, 0.6) is 0 Å². The summed E-state index contributed by atoms with van der Waals surface area (Å²) in [4.78, 5) is 26.6. The Morgan fingerprint density at radius 2 is 1.72 bits per heavy atom. The lowest BCUT2D eigenvalue weighted by Gasteiger charge is -2.30. The number of aryl methyl sites for hydroxylation is 1. The number of hydrogen-bond acceptors (Lipinski definition) is 5. The Morgan fingerprint density at radius 3 is 2.41 bits per heavy atom. The van der Waals surface area contributed by atoms with Gasteiger partial charge in [0.05, 0.1) is 17.1 Å². The summed E-state index contributed by atoms with van der Waals surface area (Å²) in [6.45, 7) is 4.44. The molecule has 0 bridgehead atoms. The largest absolute Gasteiger partial charge is 0.453 e. The monoisotopic (exact) mass is 415 g/mol. The number of esters is 1. The predicted molar refractivity (Wildman–Crippen MR) is 109 cm³/mol. The zero-order valence-electron chi connectivity index (χ0n) is 16.6. The van der Waals surface area contributed by atoms with E-state index >= 15 is 0 Å². The van der Waals surface area contributed by atoms with Gasteiger partial charge in [0.2, 0.25) is 0 Å². The molecule has 1 aliphatic heterocycles. The minimum atomic E-state index is -3.58. The molecule has 0 unspecified atom stereocenters.